The smallest absolute Gasteiger partial charge is 0.240 e. The van der Waals surface area contributed by atoms with Crippen molar-refractivity contribution < 1.29 is 14.3 Å². The number of nitrogens with one attached hydrogen (secondary N) is 2. The van der Waals surface area contributed by atoms with Gasteiger partial charge < -0.3 is 15.4 Å². The van der Waals surface area contributed by atoms with Crippen LogP contribution in [0.15, 0.2) is 42.6 Å². The molecular formula is C21H14ClN5O3S. The predicted molar refractivity (Wildman–Crippen MR) is 117 cm³/mol. The first-order valence-corrected chi connectivity index (χ1v) is 10.6. The molecule has 6 rings (SSSR count). The summed E-state index contributed by atoms with van der Waals surface area (Å²) in [5.74, 6) is 0.596. The lowest BCUT2D eigenvalue weighted by Gasteiger charge is -2.31. The molecule has 0 bridgehead atoms. The van der Waals surface area contributed by atoms with Crippen molar-refractivity contribution in [2.75, 3.05) is 17.7 Å². The molecule has 2 aliphatic heterocycles. The van der Waals surface area contributed by atoms with E-state index < -0.39 is 5.41 Å². The Hall–Kier alpha value is -3.43. The van der Waals surface area contributed by atoms with E-state index >= 15 is 0 Å². The van der Waals surface area contributed by atoms with Gasteiger partial charge in [0.25, 0.3) is 0 Å². The molecule has 1 spiro atoms. The number of para-hydroxylation sites is 1. The Morgan fingerprint density at radius 2 is 2.06 bits per heavy atom. The first kappa shape index (κ1) is 18.3. The van der Waals surface area contributed by atoms with Crippen molar-refractivity contribution in [2.24, 2.45) is 0 Å². The van der Waals surface area contributed by atoms with Gasteiger partial charge in [0.15, 0.2) is 0 Å². The van der Waals surface area contributed by atoms with Crippen molar-refractivity contribution in [3.05, 3.63) is 58.7 Å². The van der Waals surface area contributed by atoms with E-state index in [2.05, 4.69) is 20.7 Å². The first-order chi connectivity index (χ1) is 15.0. The Morgan fingerprint density at radius 3 is 2.90 bits per heavy atom. The number of amides is 2. The van der Waals surface area contributed by atoms with Crippen LogP contribution in [-0.2, 0) is 15.0 Å². The zero-order valence-electron chi connectivity index (χ0n) is 16.1. The third-order valence-electron chi connectivity index (χ3n) is 5.78. The van der Waals surface area contributed by atoms with E-state index in [1.54, 1.807) is 30.1 Å². The largest absolute Gasteiger partial charge is 0.497 e. The van der Waals surface area contributed by atoms with Crippen molar-refractivity contribution in [3.63, 3.8) is 0 Å². The van der Waals surface area contributed by atoms with E-state index in [-0.39, 0.29) is 18.2 Å². The Labute approximate surface area is 184 Å². The lowest BCUT2D eigenvalue weighted by atomic mass is 9.72. The third kappa shape index (κ3) is 2.41. The van der Waals surface area contributed by atoms with Crippen molar-refractivity contribution in [2.45, 2.75) is 11.8 Å². The highest BCUT2D eigenvalue weighted by Crippen LogP contribution is 2.51. The van der Waals surface area contributed by atoms with Gasteiger partial charge in [-0.05, 0) is 29.8 Å². The van der Waals surface area contributed by atoms with Crippen LogP contribution in [0.3, 0.4) is 0 Å². The van der Waals surface area contributed by atoms with Crippen molar-refractivity contribution in [1.82, 2.24) is 14.8 Å². The number of nitrogens with zero attached hydrogens (tertiary/aromatic N) is 3. The molecule has 4 aromatic rings. The quantitative estimate of drug-likeness (QED) is 0.484. The maximum atomic E-state index is 13.2. The maximum Gasteiger partial charge on any atom is 0.240 e. The molecule has 0 fully saturated rings. The average Bonchev–Trinajstić information content (AvgIpc) is 3.43. The highest BCUT2D eigenvalue weighted by atomic mass is 35.5. The van der Waals surface area contributed by atoms with E-state index in [9.17, 15) is 9.59 Å². The number of aromatic nitrogens is 3. The molecule has 2 N–H and O–H groups in total. The zero-order chi connectivity index (χ0) is 21.3. The number of ether oxygens (including phenoxy) is 1. The van der Waals surface area contributed by atoms with Gasteiger partial charge in [0.2, 0.25) is 16.9 Å². The van der Waals surface area contributed by atoms with Crippen LogP contribution in [0.5, 0.6) is 5.75 Å². The van der Waals surface area contributed by atoms with Crippen LogP contribution in [0.4, 0.5) is 11.5 Å². The molecular weight excluding hydrogens is 438 g/mol. The predicted octanol–water partition coefficient (Wildman–Crippen LogP) is 3.72. The number of anilines is 2. The second-order valence-corrected chi connectivity index (χ2v) is 8.81. The van der Waals surface area contributed by atoms with Gasteiger partial charge in [-0.3, -0.25) is 9.59 Å². The number of hydrogen-bond acceptors (Lipinski definition) is 6. The molecule has 1 unspecified atom stereocenters. The molecule has 154 valence electrons. The van der Waals surface area contributed by atoms with Crippen LogP contribution < -0.4 is 15.4 Å². The van der Waals surface area contributed by atoms with E-state index in [1.165, 1.54) is 11.3 Å². The van der Waals surface area contributed by atoms with Gasteiger partial charge in [-0.2, -0.15) is 9.78 Å². The minimum Gasteiger partial charge on any atom is -0.497 e. The number of hydrogen-bond donors (Lipinski definition) is 2. The first-order valence-electron chi connectivity index (χ1n) is 9.45. The summed E-state index contributed by atoms with van der Waals surface area (Å²) < 4.78 is 7.78. The number of thiazole rings is 1. The number of carbonyl (C=O) groups excluding carboxylic acids is 2. The summed E-state index contributed by atoms with van der Waals surface area (Å²) in [6.07, 6.45) is 1.60. The number of halogens is 1. The number of rotatable bonds is 2. The molecule has 0 saturated carbocycles. The molecule has 2 aromatic heterocycles. The number of benzene rings is 2. The monoisotopic (exact) mass is 451 g/mol. The summed E-state index contributed by atoms with van der Waals surface area (Å²) in [5.41, 5.74) is 1.43. The van der Waals surface area contributed by atoms with Gasteiger partial charge >= 0.3 is 0 Å². The molecule has 2 aromatic carbocycles. The summed E-state index contributed by atoms with van der Waals surface area (Å²) in [5, 5.41) is 11.2. The fourth-order valence-electron chi connectivity index (χ4n) is 4.34. The van der Waals surface area contributed by atoms with Crippen molar-refractivity contribution in [1.29, 1.82) is 0 Å². The van der Waals surface area contributed by atoms with E-state index in [1.807, 2.05) is 24.3 Å². The van der Waals surface area contributed by atoms with Gasteiger partial charge in [0, 0.05) is 12.0 Å². The van der Waals surface area contributed by atoms with Gasteiger partial charge in [-0.15, -0.1) is 0 Å². The summed E-state index contributed by atoms with van der Waals surface area (Å²) in [6, 6.07) is 10.9. The number of methoxy groups -OCH3 is 1. The standard InChI is InChI=1S/C21H14ClN5O3S/c1-30-10-5-6-14-15(7-10)31-20(24-14)27-18-12(9-23-27)21(8-16(28)25-18)11-3-2-4-13(22)17(11)26-19(21)29/h2-7,9H,8H2,1H3,(H,25,28)(H,26,29). The molecule has 0 aliphatic carbocycles. The molecule has 31 heavy (non-hydrogen) atoms. The van der Waals surface area contributed by atoms with E-state index in [0.717, 1.165) is 16.0 Å². The topological polar surface area (TPSA) is 98.1 Å². The normalized spacial score (nSPS) is 19.3. The van der Waals surface area contributed by atoms with Gasteiger partial charge in [-0.25, -0.2) is 4.98 Å². The summed E-state index contributed by atoms with van der Waals surface area (Å²) in [6.45, 7) is 0. The third-order valence-corrected chi connectivity index (χ3v) is 7.09. The van der Waals surface area contributed by atoms with Crippen LogP contribution in [0, 0.1) is 0 Å². The minimum atomic E-state index is -1.18. The summed E-state index contributed by atoms with van der Waals surface area (Å²) in [7, 11) is 1.61. The molecule has 8 nitrogen and oxygen atoms in total. The number of fused-ring (bicyclic) bond motifs is 5. The van der Waals surface area contributed by atoms with Crippen LogP contribution >= 0.6 is 22.9 Å². The zero-order valence-corrected chi connectivity index (χ0v) is 17.7. The molecule has 1 atom stereocenters. The molecule has 2 amide bonds. The van der Waals surface area contributed by atoms with Crippen molar-refractivity contribution in [3.8, 4) is 10.9 Å². The molecule has 0 saturated heterocycles. The fraction of sp³-hybridized carbons (Fsp3) is 0.143. The minimum absolute atomic E-state index is 0.0259. The van der Waals surface area contributed by atoms with Crippen LogP contribution in [0.1, 0.15) is 17.5 Å². The van der Waals surface area contributed by atoms with Crippen LogP contribution in [-0.4, -0.2) is 33.7 Å². The van der Waals surface area contributed by atoms with Gasteiger partial charge in [0.05, 0.1) is 34.2 Å². The Balaban J connectivity index is 1.56. The molecule has 4 heterocycles. The van der Waals surface area contributed by atoms with Gasteiger partial charge in [-0.1, -0.05) is 35.1 Å². The summed E-state index contributed by atoms with van der Waals surface area (Å²) in [4.78, 5) is 30.6. The average molecular weight is 452 g/mol. The molecule has 0 radical (unpaired) electrons. The van der Waals surface area contributed by atoms with Crippen LogP contribution in [0.2, 0.25) is 5.02 Å². The van der Waals surface area contributed by atoms with Gasteiger partial charge in [0.1, 0.15) is 17.0 Å². The Kier molecular flexibility index (Phi) is 3.72. The highest BCUT2D eigenvalue weighted by Gasteiger charge is 2.54. The van der Waals surface area contributed by atoms with E-state index in [0.29, 0.717) is 32.8 Å². The SMILES string of the molecule is COc1ccc2nc(-n3ncc4c3NC(=O)CC43C(=O)Nc4c(Cl)cccc43)sc2c1. The van der Waals surface area contributed by atoms with Crippen molar-refractivity contribution >= 4 is 56.5 Å². The van der Waals surface area contributed by atoms with E-state index in [4.69, 9.17) is 16.3 Å². The second kappa shape index (κ2) is 6.29. The maximum absolute atomic E-state index is 13.2. The molecule has 10 heteroatoms. The lowest BCUT2D eigenvalue weighted by Crippen LogP contribution is -2.43. The fourth-order valence-corrected chi connectivity index (χ4v) is 5.52. The second-order valence-electron chi connectivity index (χ2n) is 7.40. The summed E-state index contributed by atoms with van der Waals surface area (Å²) >= 11 is 7.73. The Bertz CT molecular complexity index is 1430. The highest BCUT2D eigenvalue weighted by molar-refractivity contribution is 7.20. The number of carbonyl (C=O) groups is 2. The molecule has 2 aliphatic rings. The lowest BCUT2D eigenvalue weighted by molar-refractivity contribution is -0.125. The Morgan fingerprint density at radius 1 is 1.19 bits per heavy atom. The van der Waals surface area contributed by atoms with Crippen LogP contribution in [0.25, 0.3) is 15.3 Å².